The molecule has 0 bridgehead atoms. The second-order valence-electron chi connectivity index (χ2n) is 5.99. The standard InChI is InChI=1S/C18H21BrN2O3S/c1-24-17-4-2-3-15(13-17)14-20-9-11-21(12-10-20)25(22,23)18-7-5-16(19)6-8-18/h2-8,13H,9-12,14H2,1H3. The molecule has 0 aromatic heterocycles. The van der Waals surface area contributed by atoms with E-state index in [2.05, 4.69) is 26.9 Å². The van der Waals surface area contributed by atoms with E-state index in [0.717, 1.165) is 16.8 Å². The van der Waals surface area contributed by atoms with Crippen LogP contribution in [-0.2, 0) is 16.6 Å². The number of halogens is 1. The number of hydrogen-bond donors (Lipinski definition) is 0. The lowest BCUT2D eigenvalue weighted by molar-refractivity contribution is 0.181. The third-order valence-electron chi connectivity index (χ3n) is 4.32. The Balaban J connectivity index is 1.62. The van der Waals surface area contributed by atoms with Crippen LogP contribution < -0.4 is 4.74 Å². The molecule has 0 saturated carbocycles. The van der Waals surface area contributed by atoms with Gasteiger partial charge in [-0.05, 0) is 42.0 Å². The van der Waals surface area contributed by atoms with Gasteiger partial charge >= 0.3 is 0 Å². The van der Waals surface area contributed by atoms with Crippen LogP contribution in [0.25, 0.3) is 0 Å². The number of ether oxygens (including phenoxy) is 1. The molecule has 0 radical (unpaired) electrons. The predicted molar refractivity (Wildman–Crippen MR) is 101 cm³/mol. The average Bonchev–Trinajstić information content (AvgIpc) is 2.63. The zero-order chi connectivity index (χ0) is 17.9. The summed E-state index contributed by atoms with van der Waals surface area (Å²) in [5.74, 6) is 0.842. The number of rotatable bonds is 5. The lowest BCUT2D eigenvalue weighted by atomic mass is 10.2. The third kappa shape index (κ3) is 4.41. The van der Waals surface area contributed by atoms with Crippen molar-refractivity contribution in [3.63, 3.8) is 0 Å². The smallest absolute Gasteiger partial charge is 0.243 e. The summed E-state index contributed by atoms with van der Waals surface area (Å²) in [6, 6.07) is 14.8. The minimum absolute atomic E-state index is 0.344. The van der Waals surface area contributed by atoms with E-state index in [0.29, 0.717) is 31.1 Å². The average molecular weight is 425 g/mol. The Labute approximate surface area is 157 Å². The van der Waals surface area contributed by atoms with E-state index in [1.165, 1.54) is 5.56 Å². The molecule has 134 valence electrons. The highest BCUT2D eigenvalue weighted by atomic mass is 79.9. The number of hydrogen-bond acceptors (Lipinski definition) is 4. The molecule has 3 rings (SSSR count). The monoisotopic (exact) mass is 424 g/mol. The van der Waals surface area contributed by atoms with Crippen LogP contribution in [0.2, 0.25) is 0 Å². The zero-order valence-electron chi connectivity index (χ0n) is 14.1. The van der Waals surface area contributed by atoms with Crippen molar-refractivity contribution >= 4 is 26.0 Å². The van der Waals surface area contributed by atoms with Gasteiger partial charge in [0.15, 0.2) is 0 Å². The van der Waals surface area contributed by atoms with Crippen LogP contribution >= 0.6 is 15.9 Å². The zero-order valence-corrected chi connectivity index (χ0v) is 16.5. The largest absolute Gasteiger partial charge is 0.497 e. The maximum atomic E-state index is 12.7. The van der Waals surface area contributed by atoms with Crippen LogP contribution in [0.5, 0.6) is 5.75 Å². The molecule has 0 amide bonds. The predicted octanol–water partition coefficient (Wildman–Crippen LogP) is 2.96. The maximum absolute atomic E-state index is 12.7. The van der Waals surface area contributed by atoms with Crippen LogP contribution in [0.15, 0.2) is 57.9 Å². The van der Waals surface area contributed by atoms with Crippen molar-refractivity contribution in [3.8, 4) is 5.75 Å². The van der Waals surface area contributed by atoms with Crippen molar-refractivity contribution in [1.82, 2.24) is 9.21 Å². The number of methoxy groups -OCH3 is 1. The van der Waals surface area contributed by atoms with E-state index in [1.54, 1.807) is 35.7 Å². The fourth-order valence-electron chi connectivity index (χ4n) is 2.91. The SMILES string of the molecule is COc1cccc(CN2CCN(S(=O)(=O)c3ccc(Br)cc3)CC2)c1. The number of piperazine rings is 1. The molecule has 1 aliphatic rings. The van der Waals surface area contributed by atoms with E-state index in [4.69, 9.17) is 4.74 Å². The Morgan fingerprint density at radius 3 is 2.36 bits per heavy atom. The van der Waals surface area contributed by atoms with E-state index in [9.17, 15) is 8.42 Å². The minimum Gasteiger partial charge on any atom is -0.497 e. The van der Waals surface area contributed by atoms with Gasteiger partial charge in [0.05, 0.1) is 12.0 Å². The van der Waals surface area contributed by atoms with Crippen LogP contribution in [0.1, 0.15) is 5.56 Å². The maximum Gasteiger partial charge on any atom is 0.243 e. The number of sulfonamides is 1. The summed E-state index contributed by atoms with van der Waals surface area (Å²) in [4.78, 5) is 2.61. The Morgan fingerprint density at radius 1 is 1.04 bits per heavy atom. The first-order valence-electron chi connectivity index (χ1n) is 8.10. The molecular weight excluding hydrogens is 404 g/mol. The summed E-state index contributed by atoms with van der Waals surface area (Å²) in [5.41, 5.74) is 1.17. The summed E-state index contributed by atoms with van der Waals surface area (Å²) in [5, 5.41) is 0. The number of nitrogens with zero attached hydrogens (tertiary/aromatic N) is 2. The Bertz CT molecular complexity index is 816. The molecule has 0 N–H and O–H groups in total. The van der Waals surface area contributed by atoms with Gasteiger partial charge in [-0.25, -0.2) is 8.42 Å². The minimum atomic E-state index is -3.42. The molecule has 2 aromatic carbocycles. The first kappa shape index (κ1) is 18.4. The Morgan fingerprint density at radius 2 is 1.72 bits per heavy atom. The highest BCUT2D eigenvalue weighted by Crippen LogP contribution is 2.21. The number of benzene rings is 2. The molecule has 0 aliphatic carbocycles. The summed E-state index contributed by atoms with van der Waals surface area (Å²) in [6.45, 7) is 3.23. The molecule has 25 heavy (non-hydrogen) atoms. The first-order valence-corrected chi connectivity index (χ1v) is 10.3. The quantitative estimate of drug-likeness (QED) is 0.739. The van der Waals surface area contributed by atoms with Gasteiger partial charge in [0, 0.05) is 37.2 Å². The molecule has 2 aromatic rings. The summed E-state index contributed by atoms with van der Waals surface area (Å²) in [6.07, 6.45) is 0. The second kappa shape index (κ2) is 7.86. The van der Waals surface area contributed by atoms with Crippen LogP contribution in [0, 0.1) is 0 Å². The fraction of sp³-hybridized carbons (Fsp3) is 0.333. The molecule has 1 fully saturated rings. The van der Waals surface area contributed by atoms with Crippen molar-refractivity contribution in [1.29, 1.82) is 0 Å². The van der Waals surface area contributed by atoms with Crippen molar-refractivity contribution in [2.75, 3.05) is 33.3 Å². The van der Waals surface area contributed by atoms with Crippen molar-refractivity contribution in [3.05, 3.63) is 58.6 Å². The normalized spacial score (nSPS) is 16.7. The summed E-state index contributed by atoms with van der Waals surface area (Å²) < 4.78 is 33.1. The van der Waals surface area contributed by atoms with Gasteiger partial charge in [-0.1, -0.05) is 28.1 Å². The van der Waals surface area contributed by atoms with Crippen molar-refractivity contribution in [2.45, 2.75) is 11.4 Å². The van der Waals surface area contributed by atoms with Crippen LogP contribution in [-0.4, -0.2) is 50.9 Å². The van der Waals surface area contributed by atoms with Gasteiger partial charge in [-0.3, -0.25) is 4.90 Å². The molecule has 5 nitrogen and oxygen atoms in total. The third-order valence-corrected chi connectivity index (χ3v) is 6.76. The van der Waals surface area contributed by atoms with Gasteiger partial charge in [0.1, 0.15) is 5.75 Å². The molecule has 1 saturated heterocycles. The van der Waals surface area contributed by atoms with E-state index in [1.807, 2.05) is 18.2 Å². The molecule has 0 unspecified atom stereocenters. The molecule has 0 atom stereocenters. The van der Waals surface area contributed by atoms with Crippen molar-refractivity contribution in [2.24, 2.45) is 0 Å². The van der Waals surface area contributed by atoms with Gasteiger partial charge in [-0.15, -0.1) is 0 Å². The highest BCUT2D eigenvalue weighted by molar-refractivity contribution is 9.10. The van der Waals surface area contributed by atoms with Gasteiger partial charge in [0.2, 0.25) is 10.0 Å². The molecular formula is C18H21BrN2O3S. The first-order chi connectivity index (χ1) is 12.0. The fourth-order valence-corrected chi connectivity index (χ4v) is 4.60. The molecule has 1 heterocycles. The lowest BCUT2D eigenvalue weighted by Gasteiger charge is -2.34. The van der Waals surface area contributed by atoms with E-state index in [-0.39, 0.29) is 0 Å². The summed E-state index contributed by atoms with van der Waals surface area (Å²) in [7, 11) is -1.76. The topological polar surface area (TPSA) is 49.9 Å². The van der Waals surface area contributed by atoms with E-state index >= 15 is 0 Å². The van der Waals surface area contributed by atoms with Gasteiger partial charge in [0.25, 0.3) is 0 Å². The Kier molecular flexibility index (Phi) is 5.78. The van der Waals surface area contributed by atoms with Crippen LogP contribution in [0.3, 0.4) is 0 Å². The second-order valence-corrected chi connectivity index (χ2v) is 8.84. The van der Waals surface area contributed by atoms with Crippen molar-refractivity contribution < 1.29 is 13.2 Å². The lowest BCUT2D eigenvalue weighted by Crippen LogP contribution is -2.48. The Hall–Kier alpha value is -1.41. The molecule has 7 heteroatoms. The molecule has 1 aliphatic heterocycles. The molecule has 0 spiro atoms. The van der Waals surface area contributed by atoms with Gasteiger partial charge in [-0.2, -0.15) is 4.31 Å². The highest BCUT2D eigenvalue weighted by Gasteiger charge is 2.28. The van der Waals surface area contributed by atoms with Gasteiger partial charge < -0.3 is 4.74 Å². The van der Waals surface area contributed by atoms with Crippen LogP contribution in [0.4, 0.5) is 0 Å². The van der Waals surface area contributed by atoms with E-state index < -0.39 is 10.0 Å². The summed E-state index contributed by atoms with van der Waals surface area (Å²) >= 11 is 3.33.